The number of unbranched alkanes of at least 4 members (excludes halogenated alkanes) is 2. The summed E-state index contributed by atoms with van der Waals surface area (Å²) in [6.07, 6.45) is 7.65. The second-order valence-electron chi connectivity index (χ2n) is 8.10. The van der Waals surface area contributed by atoms with Gasteiger partial charge in [0.2, 0.25) is 5.79 Å². The number of nitrogens with zero attached hydrogens (tertiary/aromatic N) is 2. The first-order valence-electron chi connectivity index (χ1n) is 9.87. The molecule has 0 aliphatic carbocycles. The maximum atomic E-state index is 12.6. The number of aromatic amines is 1. The van der Waals surface area contributed by atoms with Crippen LogP contribution in [0.1, 0.15) is 70.4 Å². The summed E-state index contributed by atoms with van der Waals surface area (Å²) in [6.45, 7) is 6.98. The van der Waals surface area contributed by atoms with Gasteiger partial charge < -0.3 is 23.5 Å². The average molecular weight is 489 g/mol. The van der Waals surface area contributed by atoms with Gasteiger partial charge in [0, 0.05) is 23.8 Å². The van der Waals surface area contributed by atoms with Crippen LogP contribution in [0.15, 0.2) is 27.7 Å². The molecule has 0 saturated carbocycles. The van der Waals surface area contributed by atoms with Gasteiger partial charge in [-0.15, -0.1) is 4.72 Å². The minimum atomic E-state index is -1.18. The molecule has 1 saturated heterocycles. The summed E-state index contributed by atoms with van der Waals surface area (Å²) in [5, 5.41) is 4.01. The summed E-state index contributed by atoms with van der Waals surface area (Å²) in [5.74, 6) is 0.000523. The normalized spacial score (nSPS) is 18.8. The first kappa shape index (κ1) is 22.8. The van der Waals surface area contributed by atoms with Crippen molar-refractivity contribution < 1.29 is 18.5 Å². The Hall–Kier alpha value is -0.910. The number of hydrogen-bond acceptors (Lipinski definition) is 7. The fraction of sp³-hybridized carbons (Fsp3) is 0.684. The van der Waals surface area contributed by atoms with Crippen LogP contribution in [0.5, 0.6) is 0 Å². The molecule has 0 amide bonds. The van der Waals surface area contributed by atoms with Crippen LogP contribution in [0.25, 0.3) is 0 Å². The summed E-state index contributed by atoms with van der Waals surface area (Å²) in [6, 6.07) is 1.69. The Morgan fingerprint density at radius 3 is 2.66 bits per heavy atom. The lowest BCUT2D eigenvalue weighted by Crippen LogP contribution is -2.41. The van der Waals surface area contributed by atoms with Gasteiger partial charge in [-0.1, -0.05) is 18.0 Å². The van der Waals surface area contributed by atoms with E-state index < -0.39 is 17.1 Å². The van der Waals surface area contributed by atoms with Crippen molar-refractivity contribution >= 4 is 27.3 Å². The second kappa shape index (κ2) is 9.93. The number of nitrogens with one attached hydrogen (secondary N) is 2. The molecule has 1 fully saturated rings. The molecule has 1 unspecified atom stereocenters. The van der Waals surface area contributed by atoms with Gasteiger partial charge in [-0.2, -0.15) is 0 Å². The summed E-state index contributed by atoms with van der Waals surface area (Å²) in [5.41, 5.74) is 0.690. The Bertz CT molecular complexity index is 744. The van der Waals surface area contributed by atoms with E-state index in [1.54, 1.807) is 12.3 Å². The van der Waals surface area contributed by atoms with Crippen LogP contribution < -0.4 is 4.72 Å². The highest BCUT2D eigenvalue weighted by atomic mass is 79.9. The van der Waals surface area contributed by atoms with Crippen LogP contribution in [-0.4, -0.2) is 37.6 Å². The molecule has 2 atom stereocenters. The highest BCUT2D eigenvalue weighted by Crippen LogP contribution is 2.36. The van der Waals surface area contributed by atoms with Gasteiger partial charge in [-0.3, -0.25) is 0 Å². The highest BCUT2D eigenvalue weighted by molar-refractivity contribution is 9.10. The van der Waals surface area contributed by atoms with Crippen LogP contribution >= 0.6 is 15.9 Å². The number of halogens is 1. The van der Waals surface area contributed by atoms with Gasteiger partial charge in [-0.25, -0.2) is 4.98 Å². The van der Waals surface area contributed by atoms with Crippen molar-refractivity contribution in [1.82, 2.24) is 19.8 Å². The van der Waals surface area contributed by atoms with Gasteiger partial charge in [0.05, 0.1) is 19.4 Å². The summed E-state index contributed by atoms with van der Waals surface area (Å²) >= 11 is 2.22. The van der Waals surface area contributed by atoms with E-state index in [1.165, 1.54) is 6.26 Å². The number of rotatable bonds is 10. The molecule has 1 aliphatic heterocycles. The maximum absolute atomic E-state index is 12.6. The number of hydrogen-bond donors (Lipinski definition) is 2. The van der Waals surface area contributed by atoms with Crippen molar-refractivity contribution in [3.8, 4) is 0 Å². The molecule has 2 aromatic heterocycles. The van der Waals surface area contributed by atoms with Crippen molar-refractivity contribution in [2.45, 2.75) is 69.5 Å². The van der Waals surface area contributed by atoms with E-state index in [1.807, 2.05) is 20.8 Å². The molecular weight excluding hydrogens is 460 g/mol. The number of aromatic nitrogens is 3. The van der Waals surface area contributed by atoms with Gasteiger partial charge in [-0.05, 0) is 49.5 Å². The molecule has 8 nitrogen and oxygen atoms in total. The standard InChI is InChI=1S/C19H29BrN4O4S/c1-18(2,3)29(25)24-14(17-21-13-16(20)22-17)7-5-4-6-9-19(26-11-12-27-19)15-8-10-28-23-15/h8,10,13-14,24H,4-7,9,11-12H2,1-3H3,(H,21,22)/t14-,29?/m0/s1. The number of ether oxygens (including phenoxy) is 2. The second-order valence-corrected chi connectivity index (χ2v) is 11.0. The smallest absolute Gasteiger partial charge is 0.215 e. The molecule has 3 heterocycles. The first-order chi connectivity index (χ1) is 13.8. The Kier molecular flexibility index (Phi) is 7.80. The van der Waals surface area contributed by atoms with E-state index in [9.17, 15) is 4.55 Å². The van der Waals surface area contributed by atoms with Crippen LogP contribution in [0.2, 0.25) is 0 Å². The van der Waals surface area contributed by atoms with E-state index in [-0.39, 0.29) is 10.8 Å². The minimum absolute atomic E-state index is 0.107. The Morgan fingerprint density at radius 1 is 1.31 bits per heavy atom. The van der Waals surface area contributed by atoms with Gasteiger partial charge >= 0.3 is 0 Å². The Morgan fingerprint density at radius 2 is 2.07 bits per heavy atom. The van der Waals surface area contributed by atoms with Crippen LogP contribution in [0.3, 0.4) is 0 Å². The Balaban J connectivity index is 1.52. The van der Waals surface area contributed by atoms with Crippen molar-refractivity contribution in [2.75, 3.05) is 13.2 Å². The molecule has 2 aromatic rings. The quantitative estimate of drug-likeness (QED) is 0.382. The summed E-state index contributed by atoms with van der Waals surface area (Å²) in [4.78, 5) is 7.59. The number of imidazole rings is 1. The van der Waals surface area contributed by atoms with E-state index in [4.69, 9.17) is 14.0 Å². The van der Waals surface area contributed by atoms with E-state index >= 15 is 0 Å². The number of H-pyrrole nitrogens is 1. The molecule has 10 heteroatoms. The van der Waals surface area contributed by atoms with Crippen LogP contribution in [0, 0.1) is 0 Å². The van der Waals surface area contributed by atoms with Crippen molar-refractivity contribution in [3.63, 3.8) is 0 Å². The molecule has 0 aromatic carbocycles. The average Bonchev–Trinajstić information content (AvgIpc) is 3.41. The predicted molar refractivity (Wildman–Crippen MR) is 113 cm³/mol. The molecule has 0 radical (unpaired) electrons. The third-order valence-corrected chi connectivity index (χ3v) is 6.79. The molecule has 0 spiro atoms. The van der Waals surface area contributed by atoms with Crippen molar-refractivity contribution in [3.05, 3.63) is 34.6 Å². The molecular formula is C19H29BrN4O4S. The van der Waals surface area contributed by atoms with E-state index in [0.717, 1.165) is 42.5 Å². The monoisotopic (exact) mass is 488 g/mol. The van der Waals surface area contributed by atoms with Crippen LogP contribution in [-0.2, 0) is 26.6 Å². The highest BCUT2D eigenvalue weighted by Gasteiger charge is 2.40. The fourth-order valence-corrected chi connectivity index (χ4v) is 4.36. The third kappa shape index (κ3) is 6.05. The van der Waals surface area contributed by atoms with Gasteiger partial charge in [0.15, 0.2) is 0 Å². The lowest BCUT2D eigenvalue weighted by atomic mass is 10.0. The molecule has 162 valence electrons. The maximum Gasteiger partial charge on any atom is 0.215 e. The van der Waals surface area contributed by atoms with E-state index in [2.05, 4.69) is 35.8 Å². The van der Waals surface area contributed by atoms with Crippen molar-refractivity contribution in [2.24, 2.45) is 0 Å². The molecule has 2 N–H and O–H groups in total. The molecule has 0 bridgehead atoms. The Labute approximate surface area is 182 Å². The molecule has 29 heavy (non-hydrogen) atoms. The zero-order valence-corrected chi connectivity index (χ0v) is 19.5. The van der Waals surface area contributed by atoms with Gasteiger partial charge in [0.25, 0.3) is 0 Å². The van der Waals surface area contributed by atoms with E-state index in [0.29, 0.717) is 18.9 Å². The summed E-state index contributed by atoms with van der Waals surface area (Å²) < 4.78 is 33.0. The third-order valence-electron chi connectivity index (χ3n) is 4.78. The first-order valence-corrected chi connectivity index (χ1v) is 11.8. The largest absolute Gasteiger partial charge is 0.598 e. The SMILES string of the molecule is CC(C)(C)[S+]([O-])N[C@@H](CCCCCC1(c2ccon2)OCCO1)c1ncc(Br)[nH]1. The minimum Gasteiger partial charge on any atom is -0.598 e. The topological polar surface area (TPSA) is 108 Å². The predicted octanol–water partition coefficient (Wildman–Crippen LogP) is 4.10. The molecule has 1 aliphatic rings. The fourth-order valence-electron chi connectivity index (χ4n) is 3.21. The summed E-state index contributed by atoms with van der Waals surface area (Å²) in [7, 11) is 0. The lowest BCUT2D eigenvalue weighted by molar-refractivity contribution is -0.175. The van der Waals surface area contributed by atoms with Crippen molar-refractivity contribution in [1.29, 1.82) is 0 Å². The van der Waals surface area contributed by atoms with Gasteiger partial charge in [0.1, 0.15) is 33.2 Å². The van der Waals surface area contributed by atoms with Crippen LogP contribution in [0.4, 0.5) is 0 Å². The zero-order valence-electron chi connectivity index (χ0n) is 17.1. The lowest BCUT2D eigenvalue weighted by Gasteiger charge is -2.27. The zero-order chi connectivity index (χ0) is 20.9. The molecule has 3 rings (SSSR count).